The lowest BCUT2D eigenvalue weighted by Gasteiger charge is -2.27. The number of carbonyl (C=O) groups excluding carboxylic acids is 2. The van der Waals surface area contributed by atoms with Crippen LogP contribution in [0.25, 0.3) is 0 Å². The smallest absolute Gasteiger partial charge is 0.314 e. The first-order valence-electron chi connectivity index (χ1n) is 8.15. The Kier molecular flexibility index (Phi) is 6.93. The van der Waals surface area contributed by atoms with Crippen molar-refractivity contribution in [1.82, 2.24) is 0 Å². The number of rotatable bonds is 6. The third kappa shape index (κ3) is 5.62. The monoisotopic (exact) mass is 338 g/mol. The van der Waals surface area contributed by atoms with E-state index in [1.807, 2.05) is 0 Å². The number of ether oxygens (including phenoxy) is 2. The molecule has 0 radical (unpaired) electrons. The summed E-state index contributed by atoms with van der Waals surface area (Å²) in [6, 6.07) is 0. The maximum atomic E-state index is 14.4. The first-order chi connectivity index (χ1) is 11.0. The van der Waals surface area contributed by atoms with Gasteiger partial charge < -0.3 is 9.47 Å². The maximum absolute atomic E-state index is 14.4. The van der Waals surface area contributed by atoms with Crippen LogP contribution in [0.3, 0.4) is 0 Å². The van der Waals surface area contributed by atoms with E-state index in [9.17, 15) is 14.0 Å². The third-order valence-electron chi connectivity index (χ3n) is 4.49. The van der Waals surface area contributed by atoms with Crippen molar-refractivity contribution >= 4 is 11.9 Å². The van der Waals surface area contributed by atoms with Crippen LogP contribution in [0.2, 0.25) is 0 Å². The topological polar surface area (TPSA) is 52.6 Å². The molecule has 1 unspecified atom stereocenters. The fraction of sp³-hybridized carbons (Fsp3) is 0.579. The van der Waals surface area contributed by atoms with Crippen LogP contribution in [-0.2, 0) is 19.1 Å². The standard InChI is InChI=1S/C19H27FO4/c1-12(2)19(6,20)13(3)11-14(4)23-18(22)16-7-9-17(10-8-16)24-15(5)21/h11,16-17H,1,4,7-10H2,2-3,5-6H3/b13-11+. The summed E-state index contributed by atoms with van der Waals surface area (Å²) < 4.78 is 24.8. The first kappa shape index (κ1) is 20.1. The Balaban J connectivity index is 2.55. The predicted octanol–water partition coefficient (Wildman–Crippen LogP) is 4.42. The van der Waals surface area contributed by atoms with Gasteiger partial charge in [0.2, 0.25) is 0 Å². The summed E-state index contributed by atoms with van der Waals surface area (Å²) in [7, 11) is 0. The highest BCUT2D eigenvalue weighted by Gasteiger charge is 2.30. The molecule has 0 aromatic heterocycles. The number of halogens is 1. The highest BCUT2D eigenvalue weighted by Crippen LogP contribution is 2.30. The number of allylic oxidation sites excluding steroid dienone is 3. The molecule has 5 heteroatoms. The molecule has 4 nitrogen and oxygen atoms in total. The van der Waals surface area contributed by atoms with Gasteiger partial charge in [-0.3, -0.25) is 9.59 Å². The van der Waals surface area contributed by atoms with Gasteiger partial charge in [-0.15, -0.1) is 0 Å². The maximum Gasteiger partial charge on any atom is 0.314 e. The molecule has 0 aromatic carbocycles. The van der Waals surface area contributed by atoms with Gasteiger partial charge in [-0.05, 0) is 63.7 Å². The predicted molar refractivity (Wildman–Crippen MR) is 90.8 cm³/mol. The van der Waals surface area contributed by atoms with Crippen LogP contribution in [-0.4, -0.2) is 23.7 Å². The molecule has 1 aliphatic carbocycles. The molecule has 0 saturated heterocycles. The summed E-state index contributed by atoms with van der Waals surface area (Å²) in [4.78, 5) is 23.1. The average molecular weight is 338 g/mol. The summed E-state index contributed by atoms with van der Waals surface area (Å²) >= 11 is 0. The van der Waals surface area contributed by atoms with Crippen molar-refractivity contribution in [2.24, 2.45) is 5.92 Å². The molecule has 1 rings (SSSR count). The van der Waals surface area contributed by atoms with E-state index in [2.05, 4.69) is 13.2 Å². The van der Waals surface area contributed by atoms with E-state index in [0.29, 0.717) is 36.8 Å². The van der Waals surface area contributed by atoms with Gasteiger partial charge in [0, 0.05) is 6.92 Å². The highest BCUT2D eigenvalue weighted by atomic mass is 19.1. The Morgan fingerprint density at radius 1 is 1.12 bits per heavy atom. The molecule has 1 atom stereocenters. The summed E-state index contributed by atoms with van der Waals surface area (Å²) in [5.74, 6) is -0.812. The summed E-state index contributed by atoms with van der Waals surface area (Å²) in [5, 5.41) is 0. The molecule has 134 valence electrons. The molecule has 0 heterocycles. The number of alkyl halides is 1. The molecule has 0 aliphatic heterocycles. The molecule has 1 aliphatic rings. The van der Waals surface area contributed by atoms with E-state index < -0.39 is 5.67 Å². The van der Waals surface area contributed by atoms with Gasteiger partial charge in [0.15, 0.2) is 0 Å². The van der Waals surface area contributed by atoms with E-state index in [1.165, 1.54) is 19.9 Å². The molecule has 1 fully saturated rings. The van der Waals surface area contributed by atoms with E-state index in [4.69, 9.17) is 9.47 Å². The highest BCUT2D eigenvalue weighted by molar-refractivity contribution is 5.74. The van der Waals surface area contributed by atoms with Crippen molar-refractivity contribution < 1.29 is 23.5 Å². The average Bonchev–Trinajstić information content (AvgIpc) is 2.46. The van der Waals surface area contributed by atoms with Gasteiger partial charge in [-0.2, -0.15) is 0 Å². The second-order valence-electron chi connectivity index (χ2n) is 6.58. The number of carbonyl (C=O) groups is 2. The number of hydrogen-bond acceptors (Lipinski definition) is 4. The molecular formula is C19H27FO4. The van der Waals surface area contributed by atoms with Crippen molar-refractivity contribution in [2.45, 2.75) is 65.2 Å². The van der Waals surface area contributed by atoms with E-state index in [-0.39, 0.29) is 29.7 Å². The molecule has 0 spiro atoms. The van der Waals surface area contributed by atoms with Crippen LogP contribution in [0.1, 0.15) is 53.4 Å². The van der Waals surface area contributed by atoms with Crippen LogP contribution >= 0.6 is 0 Å². The van der Waals surface area contributed by atoms with E-state index >= 15 is 0 Å². The summed E-state index contributed by atoms with van der Waals surface area (Å²) in [6.07, 6.45) is 3.77. The Labute approximate surface area is 143 Å². The molecule has 1 saturated carbocycles. The Bertz CT molecular complexity index is 552. The van der Waals surface area contributed by atoms with Crippen LogP contribution < -0.4 is 0 Å². The normalized spacial score (nSPS) is 23.8. The van der Waals surface area contributed by atoms with Gasteiger partial charge in [0.25, 0.3) is 0 Å². The minimum absolute atomic E-state index is 0.115. The minimum atomic E-state index is -1.67. The number of hydrogen-bond donors (Lipinski definition) is 0. The third-order valence-corrected chi connectivity index (χ3v) is 4.49. The fourth-order valence-corrected chi connectivity index (χ4v) is 2.61. The first-order valence-corrected chi connectivity index (χ1v) is 8.15. The second-order valence-corrected chi connectivity index (χ2v) is 6.58. The van der Waals surface area contributed by atoms with Gasteiger partial charge in [-0.1, -0.05) is 13.2 Å². The molecular weight excluding hydrogens is 311 g/mol. The molecule has 24 heavy (non-hydrogen) atoms. The Morgan fingerprint density at radius 2 is 1.67 bits per heavy atom. The van der Waals surface area contributed by atoms with Crippen molar-refractivity contribution in [3.63, 3.8) is 0 Å². The minimum Gasteiger partial charge on any atom is -0.463 e. The summed E-state index contributed by atoms with van der Waals surface area (Å²) in [5.41, 5.74) is -0.914. The SMILES string of the molecule is C=C(/C=C(\C)C(C)(F)C(=C)C)OC(=O)C1CCC(OC(C)=O)CC1. The molecule has 0 aromatic rings. The lowest BCUT2D eigenvalue weighted by Crippen LogP contribution is -2.28. The number of esters is 2. The van der Waals surface area contributed by atoms with Crippen LogP contribution in [0.5, 0.6) is 0 Å². The van der Waals surface area contributed by atoms with Crippen molar-refractivity contribution in [1.29, 1.82) is 0 Å². The van der Waals surface area contributed by atoms with E-state index in [0.717, 1.165) is 0 Å². The van der Waals surface area contributed by atoms with Gasteiger partial charge in [-0.25, -0.2) is 4.39 Å². The zero-order valence-electron chi connectivity index (χ0n) is 15.0. The summed E-state index contributed by atoms with van der Waals surface area (Å²) in [6.45, 7) is 13.3. The lowest BCUT2D eigenvalue weighted by atomic mass is 9.87. The fourth-order valence-electron chi connectivity index (χ4n) is 2.61. The zero-order valence-corrected chi connectivity index (χ0v) is 15.0. The zero-order chi connectivity index (χ0) is 18.5. The second kappa shape index (κ2) is 8.27. The van der Waals surface area contributed by atoms with Crippen LogP contribution in [0.15, 0.2) is 36.1 Å². The largest absolute Gasteiger partial charge is 0.463 e. The van der Waals surface area contributed by atoms with Crippen molar-refractivity contribution in [2.75, 3.05) is 0 Å². The Hall–Kier alpha value is -1.91. The van der Waals surface area contributed by atoms with Gasteiger partial charge in [0.1, 0.15) is 17.5 Å². The van der Waals surface area contributed by atoms with Gasteiger partial charge in [0.05, 0.1) is 5.92 Å². The van der Waals surface area contributed by atoms with Crippen LogP contribution in [0, 0.1) is 5.92 Å². The van der Waals surface area contributed by atoms with Crippen LogP contribution in [0.4, 0.5) is 4.39 Å². The molecule has 0 N–H and O–H groups in total. The molecule has 0 bridgehead atoms. The lowest BCUT2D eigenvalue weighted by molar-refractivity contribution is -0.150. The van der Waals surface area contributed by atoms with E-state index in [1.54, 1.807) is 13.8 Å². The quantitative estimate of drug-likeness (QED) is 0.311. The molecule has 0 amide bonds. The van der Waals surface area contributed by atoms with Crippen molar-refractivity contribution in [3.05, 3.63) is 36.1 Å². The van der Waals surface area contributed by atoms with Gasteiger partial charge >= 0.3 is 11.9 Å². The van der Waals surface area contributed by atoms with Crippen molar-refractivity contribution in [3.8, 4) is 0 Å². The Morgan fingerprint density at radius 3 is 2.12 bits per heavy atom.